The third kappa shape index (κ3) is 7.06. The van der Waals surface area contributed by atoms with Crippen LogP contribution >= 0.6 is 0 Å². The first-order valence-corrected chi connectivity index (χ1v) is 21.8. The number of rotatable bonds is 8. The number of hydrogen-bond acceptors (Lipinski definition) is 4. The summed E-state index contributed by atoms with van der Waals surface area (Å²) < 4.78 is 0. The van der Waals surface area contributed by atoms with E-state index in [4.69, 9.17) is 0 Å². The topological polar surface area (TPSA) is 54.1 Å². The van der Waals surface area contributed by atoms with Crippen molar-refractivity contribution in [2.75, 3.05) is 9.80 Å². The molecule has 0 atom stereocenters. The van der Waals surface area contributed by atoms with E-state index in [1.807, 2.05) is 48.5 Å². The maximum Gasteiger partial charge on any atom is 0.0992 e. The lowest BCUT2D eigenvalue weighted by atomic mass is 9.83. The van der Waals surface area contributed by atoms with Crippen molar-refractivity contribution in [1.82, 2.24) is 0 Å². The Bertz CT molecular complexity index is 3260. The van der Waals surface area contributed by atoms with Crippen LogP contribution in [0.15, 0.2) is 188 Å². The second-order valence-corrected chi connectivity index (χ2v) is 17.8. The predicted octanol–water partition coefficient (Wildman–Crippen LogP) is 16.5. The monoisotopic (exact) mass is 822 g/mol. The number of hydrogen-bond donors (Lipinski definition) is 0. The van der Waals surface area contributed by atoms with Gasteiger partial charge in [-0.15, -0.1) is 0 Å². The molecule has 0 fully saturated rings. The number of anilines is 6. The van der Waals surface area contributed by atoms with Crippen molar-refractivity contribution in [3.05, 3.63) is 216 Å². The summed E-state index contributed by atoms with van der Waals surface area (Å²) >= 11 is 0. The number of nitriles is 2. The lowest BCUT2D eigenvalue weighted by Gasteiger charge is -2.34. The maximum absolute atomic E-state index is 10.3. The molecule has 0 aliphatic rings. The highest BCUT2D eigenvalue weighted by Gasteiger charge is 2.27. The van der Waals surface area contributed by atoms with Crippen LogP contribution in [0.5, 0.6) is 0 Å². The Kier molecular flexibility index (Phi) is 9.94. The zero-order valence-electron chi connectivity index (χ0n) is 36.7. The minimum atomic E-state index is -0.0471. The molecule has 0 aliphatic heterocycles. The molecule has 306 valence electrons. The van der Waals surface area contributed by atoms with E-state index in [0.29, 0.717) is 11.1 Å². The standard InChI is InChI=1S/C60H46N4/c1-39-22-24-45(43-16-8-6-9-17-43)34-54(39)63(50-20-12-14-41(30-50)37-61)56-36-57(53-29-27-48-33-49(60(3,4)5)32-47-26-28-52(56)59(53)58(47)48)64(51-21-13-15-42(31-51)38-62)55-35-46(25-23-40(55)2)44-18-10-7-11-19-44/h6-36H,1-5H3. The van der Waals surface area contributed by atoms with Crippen molar-refractivity contribution in [3.63, 3.8) is 0 Å². The second-order valence-electron chi connectivity index (χ2n) is 17.8. The minimum absolute atomic E-state index is 0.0471. The van der Waals surface area contributed by atoms with Gasteiger partial charge in [-0.1, -0.05) is 154 Å². The molecule has 10 rings (SSSR count). The molecule has 10 aromatic carbocycles. The van der Waals surface area contributed by atoms with Gasteiger partial charge in [0.1, 0.15) is 0 Å². The Hall–Kier alpha value is -8.18. The van der Waals surface area contributed by atoms with E-state index in [1.165, 1.54) is 21.7 Å². The molecule has 0 heterocycles. The van der Waals surface area contributed by atoms with Gasteiger partial charge in [-0.25, -0.2) is 0 Å². The van der Waals surface area contributed by atoms with Crippen LogP contribution in [0.2, 0.25) is 0 Å². The summed E-state index contributed by atoms with van der Waals surface area (Å²) in [6.45, 7) is 11.1. The fourth-order valence-electron chi connectivity index (χ4n) is 9.25. The van der Waals surface area contributed by atoms with E-state index in [9.17, 15) is 10.5 Å². The van der Waals surface area contributed by atoms with E-state index in [-0.39, 0.29) is 5.41 Å². The summed E-state index contributed by atoms with van der Waals surface area (Å²) in [7, 11) is 0. The summed E-state index contributed by atoms with van der Waals surface area (Å²) in [5.74, 6) is 0. The first-order chi connectivity index (χ1) is 31.1. The Morgan fingerprint density at radius 2 is 0.844 bits per heavy atom. The van der Waals surface area contributed by atoms with Gasteiger partial charge in [0, 0.05) is 38.9 Å². The highest BCUT2D eigenvalue weighted by Crippen LogP contribution is 2.52. The van der Waals surface area contributed by atoms with Gasteiger partial charge < -0.3 is 9.80 Å². The normalized spacial score (nSPS) is 11.5. The molecule has 0 radical (unpaired) electrons. The lowest BCUT2D eigenvalue weighted by molar-refractivity contribution is 0.591. The molecule has 0 aliphatic carbocycles. The van der Waals surface area contributed by atoms with Gasteiger partial charge in [-0.3, -0.25) is 0 Å². The average Bonchev–Trinajstić information content (AvgIpc) is 3.32. The molecule has 4 heteroatoms. The van der Waals surface area contributed by atoms with Gasteiger partial charge in [-0.05, 0) is 129 Å². The van der Waals surface area contributed by atoms with E-state index in [0.717, 1.165) is 83.7 Å². The third-order valence-electron chi connectivity index (χ3n) is 12.6. The van der Waals surface area contributed by atoms with Crippen LogP contribution in [0, 0.1) is 36.5 Å². The number of nitrogens with zero attached hydrogens (tertiary/aromatic N) is 4. The molecule has 0 saturated heterocycles. The van der Waals surface area contributed by atoms with Crippen molar-refractivity contribution in [2.45, 2.75) is 40.0 Å². The largest absolute Gasteiger partial charge is 0.309 e. The molecular formula is C60H46N4. The van der Waals surface area contributed by atoms with Crippen LogP contribution in [0.4, 0.5) is 34.1 Å². The first kappa shape index (κ1) is 39.9. The van der Waals surface area contributed by atoms with Gasteiger partial charge in [-0.2, -0.15) is 10.5 Å². The summed E-state index contributed by atoms with van der Waals surface area (Å²) in [5.41, 5.74) is 14.7. The summed E-state index contributed by atoms with van der Waals surface area (Å²) in [6, 6.07) is 71.2. The van der Waals surface area contributed by atoms with Crippen LogP contribution in [-0.4, -0.2) is 0 Å². The zero-order valence-corrected chi connectivity index (χ0v) is 36.7. The van der Waals surface area contributed by atoms with Crippen molar-refractivity contribution >= 4 is 66.4 Å². The molecule has 0 bridgehead atoms. The fourth-order valence-corrected chi connectivity index (χ4v) is 9.25. The lowest BCUT2D eigenvalue weighted by Crippen LogP contribution is -2.16. The summed E-state index contributed by atoms with van der Waals surface area (Å²) in [6.07, 6.45) is 0. The van der Waals surface area contributed by atoms with E-state index in [2.05, 4.69) is 196 Å². The molecule has 0 aromatic heterocycles. The van der Waals surface area contributed by atoms with Gasteiger partial charge >= 0.3 is 0 Å². The highest BCUT2D eigenvalue weighted by molar-refractivity contribution is 6.29. The molecule has 0 amide bonds. The quantitative estimate of drug-likeness (QED) is 0.143. The van der Waals surface area contributed by atoms with Crippen LogP contribution in [0.25, 0.3) is 54.6 Å². The first-order valence-electron chi connectivity index (χ1n) is 21.8. The van der Waals surface area contributed by atoms with Gasteiger partial charge in [0.2, 0.25) is 0 Å². The van der Waals surface area contributed by atoms with Gasteiger partial charge in [0.25, 0.3) is 0 Å². The average molecular weight is 823 g/mol. The third-order valence-corrected chi connectivity index (χ3v) is 12.6. The molecule has 4 nitrogen and oxygen atoms in total. The van der Waals surface area contributed by atoms with E-state index < -0.39 is 0 Å². The van der Waals surface area contributed by atoms with Crippen LogP contribution < -0.4 is 9.80 Å². The van der Waals surface area contributed by atoms with E-state index >= 15 is 0 Å². The van der Waals surface area contributed by atoms with Crippen molar-refractivity contribution < 1.29 is 0 Å². The second kappa shape index (κ2) is 15.9. The summed E-state index contributed by atoms with van der Waals surface area (Å²) in [5, 5.41) is 27.5. The smallest absolute Gasteiger partial charge is 0.0992 e. The van der Waals surface area contributed by atoms with Gasteiger partial charge in [0.05, 0.1) is 34.6 Å². The predicted molar refractivity (Wildman–Crippen MR) is 268 cm³/mol. The molecular weight excluding hydrogens is 777 g/mol. The van der Waals surface area contributed by atoms with Crippen LogP contribution in [0.1, 0.15) is 48.6 Å². The zero-order chi connectivity index (χ0) is 44.1. The molecule has 0 unspecified atom stereocenters. The summed E-state index contributed by atoms with van der Waals surface area (Å²) in [4.78, 5) is 4.69. The Morgan fingerprint density at radius 3 is 1.27 bits per heavy atom. The minimum Gasteiger partial charge on any atom is -0.309 e. The Balaban J connectivity index is 1.37. The van der Waals surface area contributed by atoms with Crippen LogP contribution in [-0.2, 0) is 5.41 Å². The molecule has 10 aromatic rings. The molecule has 0 N–H and O–H groups in total. The van der Waals surface area contributed by atoms with Gasteiger partial charge in [0.15, 0.2) is 0 Å². The molecule has 64 heavy (non-hydrogen) atoms. The Morgan fingerprint density at radius 1 is 0.391 bits per heavy atom. The Labute approximate surface area is 375 Å². The van der Waals surface area contributed by atoms with Crippen LogP contribution in [0.3, 0.4) is 0 Å². The SMILES string of the molecule is Cc1ccc(-c2ccccc2)cc1N(c1cccc(C#N)c1)c1cc(N(c2cccc(C#N)c2)c2cc(-c3ccccc3)ccc2C)c2ccc3cc(C(C)(C)C)cc4ccc1c2c43. The number of benzene rings is 10. The molecule has 0 saturated carbocycles. The fraction of sp³-hybridized carbons (Fsp3) is 0.100. The maximum atomic E-state index is 10.3. The van der Waals surface area contributed by atoms with Crippen molar-refractivity contribution in [2.24, 2.45) is 0 Å². The van der Waals surface area contributed by atoms with E-state index in [1.54, 1.807) is 0 Å². The number of aryl methyl sites for hydroxylation is 2. The van der Waals surface area contributed by atoms with Crippen molar-refractivity contribution in [1.29, 1.82) is 10.5 Å². The highest BCUT2D eigenvalue weighted by atomic mass is 15.2. The van der Waals surface area contributed by atoms with Crippen molar-refractivity contribution in [3.8, 4) is 34.4 Å². The molecule has 0 spiro atoms.